The van der Waals surface area contributed by atoms with Gasteiger partial charge in [-0.3, -0.25) is 5.32 Å². The molecule has 0 radical (unpaired) electrons. The average molecular weight is 252 g/mol. The van der Waals surface area contributed by atoms with Crippen LogP contribution in [-0.2, 0) is 4.74 Å². The second-order valence-corrected chi connectivity index (χ2v) is 7.52. The molecule has 3 rings (SSSR count). The SMILES string of the molecule is CC(C)(C)C1CNC2(CCN(C3CC3)CC2)OC1. The van der Waals surface area contributed by atoms with Crippen molar-refractivity contribution in [2.75, 3.05) is 26.2 Å². The van der Waals surface area contributed by atoms with Crippen LogP contribution in [-0.4, -0.2) is 42.9 Å². The maximum atomic E-state index is 6.26. The highest BCUT2D eigenvalue weighted by atomic mass is 16.5. The minimum absolute atomic E-state index is 0.00708. The average Bonchev–Trinajstić information content (AvgIpc) is 3.13. The molecule has 0 aromatic carbocycles. The van der Waals surface area contributed by atoms with Crippen molar-refractivity contribution >= 4 is 0 Å². The molecule has 2 saturated heterocycles. The van der Waals surface area contributed by atoms with Gasteiger partial charge in [-0.2, -0.15) is 0 Å². The number of nitrogens with zero attached hydrogens (tertiary/aromatic N) is 1. The molecular weight excluding hydrogens is 224 g/mol. The molecule has 1 spiro atoms. The van der Waals surface area contributed by atoms with Gasteiger partial charge >= 0.3 is 0 Å². The van der Waals surface area contributed by atoms with E-state index in [4.69, 9.17) is 4.74 Å². The van der Waals surface area contributed by atoms with Gasteiger partial charge in [-0.15, -0.1) is 0 Å². The van der Waals surface area contributed by atoms with Crippen LogP contribution >= 0.6 is 0 Å². The number of rotatable bonds is 1. The van der Waals surface area contributed by atoms with Crippen molar-refractivity contribution < 1.29 is 4.74 Å². The molecule has 104 valence electrons. The van der Waals surface area contributed by atoms with Crippen LogP contribution < -0.4 is 5.32 Å². The quantitative estimate of drug-likeness (QED) is 0.774. The van der Waals surface area contributed by atoms with Crippen molar-refractivity contribution in [1.82, 2.24) is 10.2 Å². The van der Waals surface area contributed by atoms with Crippen LogP contribution in [0.5, 0.6) is 0 Å². The Balaban J connectivity index is 1.52. The summed E-state index contributed by atoms with van der Waals surface area (Å²) in [6, 6.07) is 0.910. The second-order valence-electron chi connectivity index (χ2n) is 7.52. The van der Waals surface area contributed by atoms with Gasteiger partial charge in [0.1, 0.15) is 5.72 Å². The second kappa shape index (κ2) is 4.46. The predicted octanol–water partition coefficient (Wildman–Crippen LogP) is 2.22. The van der Waals surface area contributed by atoms with Gasteiger partial charge < -0.3 is 9.64 Å². The van der Waals surface area contributed by atoms with Crippen molar-refractivity contribution in [2.45, 2.75) is 58.2 Å². The van der Waals surface area contributed by atoms with Crippen LogP contribution in [0.3, 0.4) is 0 Å². The van der Waals surface area contributed by atoms with E-state index in [0.29, 0.717) is 11.3 Å². The number of nitrogens with one attached hydrogen (secondary N) is 1. The molecular formula is C15H28N2O. The Hall–Kier alpha value is -0.120. The lowest BCUT2D eigenvalue weighted by atomic mass is 9.79. The Morgan fingerprint density at radius 2 is 1.83 bits per heavy atom. The summed E-state index contributed by atoms with van der Waals surface area (Å²) in [5, 5.41) is 3.72. The Morgan fingerprint density at radius 1 is 1.17 bits per heavy atom. The summed E-state index contributed by atoms with van der Waals surface area (Å²) in [5.41, 5.74) is 0.358. The summed E-state index contributed by atoms with van der Waals surface area (Å²) >= 11 is 0. The number of ether oxygens (including phenoxy) is 1. The minimum atomic E-state index is 0.00708. The summed E-state index contributed by atoms with van der Waals surface area (Å²) in [5.74, 6) is 0.643. The highest BCUT2D eigenvalue weighted by Crippen LogP contribution is 2.36. The largest absolute Gasteiger partial charge is 0.360 e. The van der Waals surface area contributed by atoms with Gasteiger partial charge in [-0.1, -0.05) is 20.8 Å². The molecule has 0 aromatic rings. The lowest BCUT2D eigenvalue weighted by Gasteiger charge is -2.48. The summed E-state index contributed by atoms with van der Waals surface area (Å²) < 4.78 is 6.26. The zero-order valence-corrected chi connectivity index (χ0v) is 12.2. The van der Waals surface area contributed by atoms with Crippen molar-refractivity contribution in [3.63, 3.8) is 0 Å². The highest BCUT2D eigenvalue weighted by molar-refractivity contribution is 4.95. The third-order valence-electron chi connectivity index (χ3n) is 5.13. The number of hydrogen-bond donors (Lipinski definition) is 1. The first kappa shape index (κ1) is 12.9. The molecule has 0 amide bonds. The van der Waals surface area contributed by atoms with Gasteiger partial charge in [0, 0.05) is 38.5 Å². The number of hydrogen-bond acceptors (Lipinski definition) is 3. The van der Waals surface area contributed by atoms with Crippen LogP contribution in [0.25, 0.3) is 0 Å². The molecule has 1 N–H and O–H groups in total. The van der Waals surface area contributed by atoms with Crippen molar-refractivity contribution in [2.24, 2.45) is 11.3 Å². The molecule has 3 heteroatoms. The third kappa shape index (κ3) is 2.59. The zero-order valence-electron chi connectivity index (χ0n) is 12.2. The van der Waals surface area contributed by atoms with Gasteiger partial charge in [0.2, 0.25) is 0 Å². The molecule has 1 saturated carbocycles. The Kier molecular flexibility index (Phi) is 3.20. The predicted molar refractivity (Wildman–Crippen MR) is 73.5 cm³/mol. The summed E-state index contributed by atoms with van der Waals surface area (Å²) in [4.78, 5) is 2.66. The van der Waals surface area contributed by atoms with E-state index in [1.807, 2.05) is 0 Å². The lowest BCUT2D eigenvalue weighted by Crippen LogP contribution is -2.61. The lowest BCUT2D eigenvalue weighted by molar-refractivity contribution is -0.157. The van der Waals surface area contributed by atoms with Crippen molar-refractivity contribution in [3.8, 4) is 0 Å². The molecule has 18 heavy (non-hydrogen) atoms. The smallest absolute Gasteiger partial charge is 0.121 e. The maximum absolute atomic E-state index is 6.26. The number of piperidine rings is 1. The molecule has 3 fully saturated rings. The van der Waals surface area contributed by atoms with Gasteiger partial charge in [-0.25, -0.2) is 0 Å². The minimum Gasteiger partial charge on any atom is -0.360 e. The molecule has 1 atom stereocenters. The molecule has 1 unspecified atom stereocenters. The fourth-order valence-electron chi connectivity index (χ4n) is 3.25. The van der Waals surface area contributed by atoms with E-state index in [-0.39, 0.29) is 5.72 Å². The van der Waals surface area contributed by atoms with Crippen LogP contribution in [0.15, 0.2) is 0 Å². The van der Waals surface area contributed by atoms with E-state index in [1.54, 1.807) is 0 Å². The van der Waals surface area contributed by atoms with Gasteiger partial charge in [0.05, 0.1) is 6.61 Å². The molecule has 3 nitrogen and oxygen atoms in total. The van der Waals surface area contributed by atoms with Crippen molar-refractivity contribution in [3.05, 3.63) is 0 Å². The molecule has 2 heterocycles. The van der Waals surface area contributed by atoms with Gasteiger partial charge in [-0.05, 0) is 24.2 Å². The van der Waals surface area contributed by atoms with Gasteiger partial charge in [0.15, 0.2) is 0 Å². The normalized spacial score (nSPS) is 33.8. The van der Waals surface area contributed by atoms with Crippen LogP contribution in [0.2, 0.25) is 0 Å². The summed E-state index contributed by atoms with van der Waals surface area (Å²) in [6.45, 7) is 11.4. The van der Waals surface area contributed by atoms with E-state index in [1.165, 1.54) is 38.8 Å². The van der Waals surface area contributed by atoms with Crippen LogP contribution in [0.4, 0.5) is 0 Å². The van der Waals surface area contributed by atoms with E-state index >= 15 is 0 Å². The first-order valence-corrected chi connectivity index (χ1v) is 7.62. The topological polar surface area (TPSA) is 24.5 Å². The van der Waals surface area contributed by atoms with Gasteiger partial charge in [0.25, 0.3) is 0 Å². The highest BCUT2D eigenvalue weighted by Gasteiger charge is 2.43. The maximum Gasteiger partial charge on any atom is 0.121 e. The monoisotopic (exact) mass is 252 g/mol. The fourth-order valence-corrected chi connectivity index (χ4v) is 3.25. The van der Waals surface area contributed by atoms with Crippen LogP contribution in [0.1, 0.15) is 46.5 Å². The third-order valence-corrected chi connectivity index (χ3v) is 5.13. The Bertz CT molecular complexity index is 288. The Morgan fingerprint density at radius 3 is 2.28 bits per heavy atom. The van der Waals surface area contributed by atoms with E-state index in [9.17, 15) is 0 Å². The first-order chi connectivity index (χ1) is 8.49. The molecule has 2 aliphatic heterocycles. The van der Waals surface area contributed by atoms with Crippen molar-refractivity contribution in [1.29, 1.82) is 0 Å². The summed E-state index contributed by atoms with van der Waals surface area (Å²) in [7, 11) is 0. The van der Waals surface area contributed by atoms with E-state index in [2.05, 4.69) is 31.0 Å². The van der Waals surface area contributed by atoms with E-state index in [0.717, 1.165) is 19.2 Å². The Labute approximate surface area is 111 Å². The molecule has 3 aliphatic rings. The molecule has 1 aliphatic carbocycles. The van der Waals surface area contributed by atoms with Crippen LogP contribution in [0, 0.1) is 11.3 Å². The number of likely N-dealkylation sites (tertiary alicyclic amines) is 1. The molecule has 0 bridgehead atoms. The first-order valence-electron chi connectivity index (χ1n) is 7.62. The standard InChI is InChI=1S/C15H28N2O/c1-14(2,3)12-10-16-15(18-11-12)6-8-17(9-7-15)13-4-5-13/h12-13,16H,4-11H2,1-3H3. The zero-order chi connectivity index (χ0) is 12.8. The fraction of sp³-hybridized carbons (Fsp3) is 1.00. The summed E-state index contributed by atoms with van der Waals surface area (Å²) in [6.07, 6.45) is 5.18. The van der Waals surface area contributed by atoms with E-state index < -0.39 is 0 Å². The molecule has 0 aromatic heterocycles.